The van der Waals surface area contributed by atoms with E-state index in [4.69, 9.17) is 4.74 Å². The predicted octanol–water partition coefficient (Wildman–Crippen LogP) is 1.33. The number of rotatable bonds is 7. The number of urea groups is 1. The van der Waals surface area contributed by atoms with Gasteiger partial charge in [0.1, 0.15) is 5.54 Å². The molecule has 1 spiro atoms. The minimum absolute atomic E-state index is 0.179. The molecule has 1 aromatic carbocycles. The highest BCUT2D eigenvalue weighted by atomic mass is 16.5. The van der Waals surface area contributed by atoms with Crippen molar-refractivity contribution in [1.29, 1.82) is 0 Å². The Morgan fingerprint density at radius 1 is 1.19 bits per heavy atom. The van der Waals surface area contributed by atoms with Crippen LogP contribution in [-0.2, 0) is 23.9 Å². The zero-order valence-corrected chi connectivity index (χ0v) is 18.2. The number of amides is 5. The van der Waals surface area contributed by atoms with E-state index in [9.17, 15) is 24.0 Å². The molecule has 2 fully saturated rings. The van der Waals surface area contributed by atoms with Crippen molar-refractivity contribution >= 4 is 29.7 Å². The molecule has 1 aliphatic carbocycles. The van der Waals surface area contributed by atoms with Crippen molar-refractivity contribution in [1.82, 2.24) is 21.1 Å². The smallest absolute Gasteiger partial charge is 0.344 e. The van der Waals surface area contributed by atoms with Crippen LogP contribution in [0.2, 0.25) is 0 Å². The number of hydrazine groups is 1. The van der Waals surface area contributed by atoms with E-state index in [0.717, 1.165) is 18.4 Å². The second-order valence-corrected chi connectivity index (χ2v) is 8.40. The van der Waals surface area contributed by atoms with E-state index in [1.54, 1.807) is 24.3 Å². The Hall–Kier alpha value is -3.43. The minimum Gasteiger partial charge on any atom is -0.455 e. The van der Waals surface area contributed by atoms with E-state index in [0.29, 0.717) is 23.8 Å². The van der Waals surface area contributed by atoms with E-state index < -0.39 is 42.0 Å². The number of benzene rings is 1. The van der Waals surface area contributed by atoms with Crippen molar-refractivity contribution < 1.29 is 28.7 Å². The van der Waals surface area contributed by atoms with Crippen LogP contribution in [0.1, 0.15) is 57.6 Å². The van der Waals surface area contributed by atoms with E-state index in [1.165, 1.54) is 6.92 Å². The maximum absolute atomic E-state index is 12.8. The van der Waals surface area contributed by atoms with Gasteiger partial charge in [-0.25, -0.2) is 4.79 Å². The number of imide groups is 1. The molecule has 1 unspecified atom stereocenters. The quantitative estimate of drug-likeness (QED) is 0.429. The lowest BCUT2D eigenvalue weighted by Gasteiger charge is -2.33. The number of hydrogen-bond acceptors (Lipinski definition) is 6. The number of carbonyl (C=O) groups is 5. The van der Waals surface area contributed by atoms with Gasteiger partial charge in [-0.15, -0.1) is 0 Å². The zero-order chi connectivity index (χ0) is 23.3. The van der Waals surface area contributed by atoms with Gasteiger partial charge >= 0.3 is 12.0 Å². The molecule has 10 nitrogen and oxygen atoms in total. The molecular weight excluding hydrogens is 416 g/mol. The SMILES string of the molecule is CC(=O)NC(CC(=O)OCC(=O)NN1C(=O)NC2(CCC(C)CC2)C1=O)c1ccccc1. The standard InChI is InChI=1S/C22H28N4O6/c1-14-8-10-22(11-9-14)20(30)26(21(31)24-22)25-18(28)13-32-19(29)12-17(23-15(2)27)16-6-4-3-5-7-16/h3-7,14,17H,8-13H2,1-2H3,(H,23,27)(H,24,31)(H,25,28). The van der Waals surface area contributed by atoms with Crippen molar-refractivity contribution in [2.24, 2.45) is 5.92 Å². The molecule has 2 aliphatic rings. The third-order valence-electron chi connectivity index (χ3n) is 5.84. The Bertz CT molecular complexity index is 895. The predicted molar refractivity (Wildman–Crippen MR) is 112 cm³/mol. The maximum Gasteiger partial charge on any atom is 0.344 e. The molecule has 0 radical (unpaired) electrons. The average Bonchev–Trinajstić information content (AvgIpc) is 2.98. The zero-order valence-electron chi connectivity index (χ0n) is 18.2. The summed E-state index contributed by atoms with van der Waals surface area (Å²) >= 11 is 0. The Labute approximate surface area is 186 Å². The van der Waals surface area contributed by atoms with E-state index >= 15 is 0 Å². The van der Waals surface area contributed by atoms with Gasteiger partial charge in [0.25, 0.3) is 11.8 Å². The first-order chi connectivity index (χ1) is 15.2. The maximum atomic E-state index is 12.8. The second kappa shape index (κ2) is 9.80. The number of carbonyl (C=O) groups excluding carboxylic acids is 5. The Balaban J connectivity index is 1.52. The van der Waals surface area contributed by atoms with Gasteiger partial charge in [-0.05, 0) is 37.2 Å². The molecule has 1 saturated heterocycles. The largest absolute Gasteiger partial charge is 0.455 e. The van der Waals surface area contributed by atoms with Gasteiger partial charge in [-0.2, -0.15) is 5.01 Å². The number of nitrogens with one attached hydrogen (secondary N) is 3. The fourth-order valence-electron chi connectivity index (χ4n) is 4.03. The normalized spacial score (nSPS) is 23.4. The Morgan fingerprint density at radius 2 is 1.84 bits per heavy atom. The van der Waals surface area contributed by atoms with Gasteiger partial charge in [0.05, 0.1) is 12.5 Å². The van der Waals surface area contributed by atoms with Crippen LogP contribution in [0.3, 0.4) is 0 Å². The molecule has 5 amide bonds. The van der Waals surface area contributed by atoms with Crippen LogP contribution in [0, 0.1) is 5.92 Å². The molecule has 3 rings (SSSR count). The van der Waals surface area contributed by atoms with Crippen LogP contribution in [-0.4, -0.2) is 46.9 Å². The molecule has 172 valence electrons. The summed E-state index contributed by atoms with van der Waals surface area (Å²) in [6.07, 6.45) is 2.47. The van der Waals surface area contributed by atoms with Gasteiger partial charge in [-0.1, -0.05) is 37.3 Å². The first-order valence-corrected chi connectivity index (χ1v) is 10.6. The monoisotopic (exact) mass is 444 g/mol. The second-order valence-electron chi connectivity index (χ2n) is 8.40. The van der Waals surface area contributed by atoms with Gasteiger partial charge in [-0.3, -0.25) is 24.6 Å². The van der Waals surface area contributed by atoms with Crippen molar-refractivity contribution in [2.45, 2.75) is 57.5 Å². The Kier molecular flexibility index (Phi) is 7.12. The molecule has 0 aromatic heterocycles. The molecule has 1 saturated carbocycles. The van der Waals surface area contributed by atoms with Crippen LogP contribution in [0.25, 0.3) is 0 Å². The summed E-state index contributed by atoms with van der Waals surface area (Å²) in [6.45, 7) is 2.77. The molecule has 1 aromatic rings. The molecule has 3 N–H and O–H groups in total. The van der Waals surface area contributed by atoms with Crippen LogP contribution in [0.15, 0.2) is 30.3 Å². The molecular formula is C22H28N4O6. The van der Waals surface area contributed by atoms with Crippen molar-refractivity contribution in [2.75, 3.05) is 6.61 Å². The summed E-state index contributed by atoms with van der Waals surface area (Å²) in [5, 5.41) is 6.03. The molecule has 0 bridgehead atoms. The topological polar surface area (TPSA) is 134 Å². The summed E-state index contributed by atoms with van der Waals surface area (Å²) in [5.41, 5.74) is 1.96. The number of hydrogen-bond donors (Lipinski definition) is 3. The number of esters is 1. The van der Waals surface area contributed by atoms with E-state index in [2.05, 4.69) is 23.0 Å². The molecule has 1 atom stereocenters. The molecule has 10 heteroatoms. The van der Waals surface area contributed by atoms with Crippen LogP contribution in [0.5, 0.6) is 0 Å². The third-order valence-corrected chi connectivity index (χ3v) is 5.84. The van der Waals surface area contributed by atoms with Crippen LogP contribution < -0.4 is 16.1 Å². The lowest BCUT2D eigenvalue weighted by atomic mass is 9.77. The van der Waals surface area contributed by atoms with Gasteiger partial charge in [0.15, 0.2) is 6.61 Å². The third kappa shape index (κ3) is 5.43. The fraction of sp³-hybridized carbons (Fsp3) is 0.500. The van der Waals surface area contributed by atoms with Gasteiger partial charge in [0.2, 0.25) is 5.91 Å². The van der Waals surface area contributed by atoms with Crippen molar-refractivity contribution in [3.8, 4) is 0 Å². The fourth-order valence-corrected chi connectivity index (χ4v) is 4.03. The lowest BCUT2D eigenvalue weighted by molar-refractivity contribution is -0.151. The molecule has 1 aliphatic heterocycles. The summed E-state index contributed by atoms with van der Waals surface area (Å²) in [4.78, 5) is 60.9. The van der Waals surface area contributed by atoms with Crippen LogP contribution >= 0.6 is 0 Å². The summed E-state index contributed by atoms with van der Waals surface area (Å²) in [5.74, 6) is -1.85. The van der Waals surface area contributed by atoms with Gasteiger partial charge in [0, 0.05) is 6.92 Å². The van der Waals surface area contributed by atoms with Crippen molar-refractivity contribution in [3.05, 3.63) is 35.9 Å². The highest BCUT2D eigenvalue weighted by molar-refractivity contribution is 6.08. The summed E-state index contributed by atoms with van der Waals surface area (Å²) < 4.78 is 5.00. The first-order valence-electron chi connectivity index (χ1n) is 10.6. The van der Waals surface area contributed by atoms with E-state index in [-0.39, 0.29) is 12.3 Å². The number of ether oxygens (including phenoxy) is 1. The Morgan fingerprint density at radius 3 is 2.47 bits per heavy atom. The van der Waals surface area contributed by atoms with Crippen molar-refractivity contribution in [3.63, 3.8) is 0 Å². The lowest BCUT2D eigenvalue weighted by Crippen LogP contribution is -2.52. The summed E-state index contributed by atoms with van der Waals surface area (Å²) in [6, 6.07) is 7.59. The first kappa shape index (κ1) is 23.2. The minimum atomic E-state index is -0.977. The molecule has 32 heavy (non-hydrogen) atoms. The number of nitrogens with zero attached hydrogens (tertiary/aromatic N) is 1. The average molecular weight is 444 g/mol. The molecule has 1 heterocycles. The summed E-state index contributed by atoms with van der Waals surface area (Å²) in [7, 11) is 0. The van der Waals surface area contributed by atoms with Gasteiger partial charge < -0.3 is 15.4 Å². The highest BCUT2D eigenvalue weighted by Crippen LogP contribution is 2.35. The van der Waals surface area contributed by atoms with Crippen LogP contribution in [0.4, 0.5) is 4.79 Å². The highest BCUT2D eigenvalue weighted by Gasteiger charge is 2.52. The van der Waals surface area contributed by atoms with E-state index in [1.807, 2.05) is 6.07 Å².